The maximum atomic E-state index is 13.2. The van der Waals surface area contributed by atoms with Gasteiger partial charge in [0.25, 0.3) is 0 Å². The number of nitrogens with two attached hydrogens (primary N) is 1. The van der Waals surface area contributed by atoms with Gasteiger partial charge in [0.15, 0.2) is 0 Å². The molecule has 1 aliphatic heterocycles. The average molecular weight is 240 g/mol. The van der Waals surface area contributed by atoms with Gasteiger partial charge < -0.3 is 5.73 Å². The Labute approximate surface area is 100 Å². The molecule has 4 heteroatoms. The van der Waals surface area contributed by atoms with Crippen LogP contribution in [0.5, 0.6) is 0 Å². The minimum Gasteiger partial charge on any atom is -0.399 e. The van der Waals surface area contributed by atoms with Gasteiger partial charge in [-0.3, -0.25) is 4.90 Å². The van der Waals surface area contributed by atoms with Crippen LogP contribution in [0, 0.1) is 5.82 Å². The van der Waals surface area contributed by atoms with Crippen LogP contribution >= 0.6 is 11.8 Å². The van der Waals surface area contributed by atoms with Crippen molar-refractivity contribution in [2.75, 3.05) is 30.3 Å². The molecule has 0 aliphatic carbocycles. The first-order valence-electron chi connectivity index (χ1n) is 5.59. The summed E-state index contributed by atoms with van der Waals surface area (Å²) in [6, 6.07) is 4.80. The van der Waals surface area contributed by atoms with Crippen molar-refractivity contribution in [2.45, 2.75) is 13.0 Å². The van der Waals surface area contributed by atoms with E-state index in [4.69, 9.17) is 5.73 Å². The summed E-state index contributed by atoms with van der Waals surface area (Å²) in [5.74, 6) is 2.17. The molecule has 1 aromatic rings. The first kappa shape index (κ1) is 11.7. The summed E-state index contributed by atoms with van der Waals surface area (Å²) < 4.78 is 13.2. The second kappa shape index (κ2) is 5.55. The lowest BCUT2D eigenvalue weighted by Crippen LogP contribution is -2.25. The maximum Gasteiger partial charge on any atom is 0.125 e. The zero-order valence-electron chi connectivity index (χ0n) is 9.29. The Morgan fingerprint density at radius 1 is 1.25 bits per heavy atom. The highest BCUT2D eigenvalue weighted by atomic mass is 32.2. The van der Waals surface area contributed by atoms with Crippen LogP contribution in [-0.4, -0.2) is 29.5 Å². The Balaban J connectivity index is 2.01. The zero-order valence-corrected chi connectivity index (χ0v) is 10.1. The smallest absolute Gasteiger partial charge is 0.125 e. The molecule has 2 N–H and O–H groups in total. The average Bonchev–Trinajstić information content (AvgIpc) is 2.44. The molecule has 0 atom stereocenters. The van der Waals surface area contributed by atoms with Crippen molar-refractivity contribution in [1.82, 2.24) is 4.90 Å². The Kier molecular flexibility index (Phi) is 4.07. The van der Waals surface area contributed by atoms with Crippen molar-refractivity contribution in [3.63, 3.8) is 0 Å². The summed E-state index contributed by atoms with van der Waals surface area (Å²) in [5, 5.41) is 0. The highest BCUT2D eigenvalue weighted by molar-refractivity contribution is 7.99. The molecule has 1 fully saturated rings. The van der Waals surface area contributed by atoms with E-state index in [0.717, 1.165) is 25.2 Å². The van der Waals surface area contributed by atoms with Gasteiger partial charge in [-0.2, -0.15) is 11.8 Å². The molecule has 1 saturated heterocycles. The largest absolute Gasteiger partial charge is 0.399 e. The Hall–Kier alpha value is -0.740. The molecule has 88 valence electrons. The predicted octanol–water partition coefficient (Wildman–Crippen LogP) is 2.35. The van der Waals surface area contributed by atoms with Crippen molar-refractivity contribution in [3.8, 4) is 0 Å². The summed E-state index contributed by atoms with van der Waals surface area (Å²) in [6.45, 7) is 2.99. The molecule has 0 radical (unpaired) electrons. The Morgan fingerprint density at radius 3 is 2.94 bits per heavy atom. The quantitative estimate of drug-likeness (QED) is 0.805. The molecule has 2 rings (SSSR count). The lowest BCUT2D eigenvalue weighted by Gasteiger charge is -2.19. The number of rotatable bonds is 2. The molecule has 0 amide bonds. The fourth-order valence-corrected chi connectivity index (χ4v) is 2.91. The third-order valence-corrected chi connectivity index (χ3v) is 3.75. The van der Waals surface area contributed by atoms with E-state index in [9.17, 15) is 4.39 Å². The van der Waals surface area contributed by atoms with Crippen LogP contribution in [0.1, 0.15) is 12.0 Å². The minimum atomic E-state index is -0.237. The van der Waals surface area contributed by atoms with Crippen LogP contribution in [0.3, 0.4) is 0 Å². The van der Waals surface area contributed by atoms with Crippen molar-refractivity contribution in [2.24, 2.45) is 0 Å². The summed E-state index contributed by atoms with van der Waals surface area (Å²) in [5.41, 5.74) is 7.12. The van der Waals surface area contributed by atoms with Crippen molar-refractivity contribution < 1.29 is 4.39 Å². The molecular formula is C12H17FN2S. The van der Waals surface area contributed by atoms with E-state index in [1.165, 1.54) is 24.0 Å². The summed E-state index contributed by atoms with van der Waals surface area (Å²) in [4.78, 5) is 2.37. The van der Waals surface area contributed by atoms with Gasteiger partial charge in [-0.25, -0.2) is 4.39 Å². The number of anilines is 1. The molecule has 0 spiro atoms. The fourth-order valence-electron chi connectivity index (χ4n) is 1.98. The van der Waals surface area contributed by atoms with E-state index >= 15 is 0 Å². The van der Waals surface area contributed by atoms with Crippen LogP contribution in [0.25, 0.3) is 0 Å². The van der Waals surface area contributed by atoms with Gasteiger partial charge in [0.1, 0.15) is 5.82 Å². The number of halogens is 1. The van der Waals surface area contributed by atoms with Gasteiger partial charge in [0, 0.05) is 24.5 Å². The van der Waals surface area contributed by atoms with E-state index in [-0.39, 0.29) is 5.82 Å². The van der Waals surface area contributed by atoms with Gasteiger partial charge in [-0.1, -0.05) is 0 Å². The van der Waals surface area contributed by atoms with Gasteiger partial charge in [-0.15, -0.1) is 0 Å². The zero-order chi connectivity index (χ0) is 11.4. The molecule has 0 aromatic heterocycles. The first-order chi connectivity index (χ1) is 7.74. The van der Waals surface area contributed by atoms with Gasteiger partial charge in [-0.05, 0) is 42.5 Å². The van der Waals surface area contributed by atoms with E-state index in [2.05, 4.69) is 4.90 Å². The second-order valence-corrected chi connectivity index (χ2v) is 5.36. The molecule has 2 nitrogen and oxygen atoms in total. The topological polar surface area (TPSA) is 29.3 Å². The Morgan fingerprint density at radius 2 is 2.12 bits per heavy atom. The fraction of sp³-hybridized carbons (Fsp3) is 0.500. The number of benzene rings is 1. The molecule has 1 aromatic carbocycles. The van der Waals surface area contributed by atoms with Gasteiger partial charge in [0.2, 0.25) is 0 Å². The molecule has 16 heavy (non-hydrogen) atoms. The number of thioether (sulfide) groups is 1. The van der Waals surface area contributed by atoms with Crippen LogP contribution in [0.4, 0.5) is 10.1 Å². The Bertz CT molecular complexity index is 329. The molecule has 1 heterocycles. The highest BCUT2D eigenvalue weighted by Crippen LogP contribution is 2.16. The minimum absolute atomic E-state index is 0.237. The lowest BCUT2D eigenvalue weighted by atomic mass is 10.2. The number of hydrogen-bond donors (Lipinski definition) is 1. The van der Waals surface area contributed by atoms with Crippen LogP contribution in [0.2, 0.25) is 0 Å². The number of hydrogen-bond acceptors (Lipinski definition) is 3. The van der Waals surface area contributed by atoms with E-state index < -0.39 is 0 Å². The van der Waals surface area contributed by atoms with Gasteiger partial charge >= 0.3 is 0 Å². The maximum absolute atomic E-state index is 13.2. The molecular weight excluding hydrogens is 223 g/mol. The number of nitrogens with zero attached hydrogens (tertiary/aromatic N) is 1. The molecule has 0 saturated carbocycles. The third kappa shape index (κ3) is 3.39. The third-order valence-electron chi connectivity index (χ3n) is 2.70. The lowest BCUT2D eigenvalue weighted by molar-refractivity contribution is 0.287. The van der Waals surface area contributed by atoms with E-state index in [1.807, 2.05) is 17.8 Å². The summed E-state index contributed by atoms with van der Waals surface area (Å²) in [6.07, 6.45) is 1.22. The normalized spacial score (nSPS) is 18.3. The van der Waals surface area contributed by atoms with Crippen LogP contribution in [-0.2, 0) is 6.54 Å². The van der Waals surface area contributed by atoms with Gasteiger partial charge in [0.05, 0.1) is 0 Å². The monoisotopic (exact) mass is 240 g/mol. The van der Waals surface area contributed by atoms with Crippen LogP contribution < -0.4 is 5.73 Å². The predicted molar refractivity (Wildman–Crippen MR) is 68.0 cm³/mol. The van der Waals surface area contributed by atoms with Crippen LogP contribution in [0.15, 0.2) is 18.2 Å². The highest BCUT2D eigenvalue weighted by Gasteiger charge is 2.10. The second-order valence-electron chi connectivity index (χ2n) is 4.13. The first-order valence-corrected chi connectivity index (χ1v) is 6.74. The molecule has 0 unspecified atom stereocenters. The van der Waals surface area contributed by atoms with E-state index in [1.54, 1.807) is 6.07 Å². The summed E-state index contributed by atoms with van der Waals surface area (Å²) >= 11 is 2.00. The molecule has 1 aliphatic rings. The van der Waals surface area contributed by atoms with E-state index in [0.29, 0.717) is 5.69 Å². The SMILES string of the molecule is Nc1cc(F)cc(CN2CCCSCC2)c1. The van der Waals surface area contributed by atoms with Crippen molar-refractivity contribution >= 4 is 17.4 Å². The number of nitrogen functional groups attached to an aromatic ring is 1. The summed E-state index contributed by atoms with van der Waals surface area (Å²) in [7, 11) is 0. The van der Waals surface area contributed by atoms with Crippen molar-refractivity contribution in [3.05, 3.63) is 29.6 Å². The molecule has 0 bridgehead atoms. The van der Waals surface area contributed by atoms with Crippen molar-refractivity contribution in [1.29, 1.82) is 0 Å². The standard InChI is InChI=1S/C12H17FN2S/c13-11-6-10(7-12(14)8-11)9-15-2-1-4-16-5-3-15/h6-8H,1-5,9,14H2.